The minimum absolute atomic E-state index is 0.0297. The van der Waals surface area contributed by atoms with Crippen LogP contribution < -0.4 is 0 Å². The third-order valence-corrected chi connectivity index (χ3v) is 10.7. The van der Waals surface area contributed by atoms with Crippen LogP contribution in [0, 0.1) is 13.8 Å². The number of benzene rings is 2. The topological polar surface area (TPSA) is 81.1 Å². The SMILES string of the molecule is COCC1[C@@H](c2ccc(-c3cccc(C)c3C)cc2)[C@@H]2CN(S(=O)(=O)c3ccc(C(=O)OC)n3C)CCCCN12. The van der Waals surface area contributed by atoms with Crippen LogP contribution in [0.4, 0.5) is 0 Å². The number of nitrogens with zero attached hydrogens (tertiary/aromatic N) is 3. The Morgan fingerprint density at radius 1 is 0.975 bits per heavy atom. The van der Waals surface area contributed by atoms with Crippen LogP contribution in [0.3, 0.4) is 0 Å². The molecule has 0 saturated carbocycles. The highest BCUT2D eigenvalue weighted by atomic mass is 32.2. The van der Waals surface area contributed by atoms with Gasteiger partial charge in [0, 0.05) is 45.2 Å². The van der Waals surface area contributed by atoms with Crippen LogP contribution in [0.2, 0.25) is 0 Å². The molecule has 5 rings (SSSR count). The maximum atomic E-state index is 13.9. The first-order chi connectivity index (χ1) is 19.2. The van der Waals surface area contributed by atoms with Gasteiger partial charge in [-0.2, -0.15) is 4.31 Å². The van der Waals surface area contributed by atoms with Gasteiger partial charge in [0.2, 0.25) is 0 Å². The number of esters is 1. The predicted octanol–water partition coefficient (Wildman–Crippen LogP) is 4.36. The number of rotatable bonds is 7. The Balaban J connectivity index is 1.45. The highest BCUT2D eigenvalue weighted by molar-refractivity contribution is 7.89. The number of fused-ring (bicyclic) bond motifs is 1. The summed E-state index contributed by atoms with van der Waals surface area (Å²) in [4.78, 5) is 14.5. The molecule has 2 aromatic carbocycles. The van der Waals surface area contributed by atoms with Crippen molar-refractivity contribution < 1.29 is 22.7 Å². The lowest BCUT2D eigenvalue weighted by molar-refractivity contribution is -0.0635. The van der Waals surface area contributed by atoms with Crippen LogP contribution in [0.15, 0.2) is 59.6 Å². The summed E-state index contributed by atoms with van der Waals surface area (Å²) < 4.78 is 41.3. The molecular weight excluding hydrogens is 526 g/mol. The van der Waals surface area contributed by atoms with Gasteiger partial charge in [-0.25, -0.2) is 13.2 Å². The number of hydrogen-bond acceptors (Lipinski definition) is 6. The summed E-state index contributed by atoms with van der Waals surface area (Å²) in [6.45, 7) is 6.61. The average Bonchev–Trinajstić information content (AvgIpc) is 3.33. The third kappa shape index (κ3) is 5.00. The molecular formula is C31H39N3O5S. The third-order valence-electron chi connectivity index (χ3n) is 8.77. The van der Waals surface area contributed by atoms with Crippen LogP contribution in [0.25, 0.3) is 11.1 Å². The molecule has 1 aromatic heterocycles. The van der Waals surface area contributed by atoms with Gasteiger partial charge in [-0.05, 0) is 73.2 Å². The average molecular weight is 566 g/mol. The molecule has 214 valence electrons. The largest absolute Gasteiger partial charge is 0.464 e. The van der Waals surface area contributed by atoms with Crippen molar-refractivity contribution >= 4 is 16.0 Å². The van der Waals surface area contributed by atoms with Crippen molar-refractivity contribution in [2.75, 3.05) is 40.5 Å². The van der Waals surface area contributed by atoms with E-state index in [1.54, 1.807) is 18.5 Å². The number of sulfonamides is 1. The van der Waals surface area contributed by atoms with E-state index in [2.05, 4.69) is 61.2 Å². The van der Waals surface area contributed by atoms with Crippen LogP contribution >= 0.6 is 0 Å². The Morgan fingerprint density at radius 3 is 2.40 bits per heavy atom. The van der Waals surface area contributed by atoms with E-state index in [-0.39, 0.29) is 28.7 Å². The Kier molecular flexibility index (Phi) is 8.20. The van der Waals surface area contributed by atoms with E-state index in [0.717, 1.165) is 19.4 Å². The number of carbonyl (C=O) groups excluding carboxylic acids is 1. The minimum Gasteiger partial charge on any atom is -0.464 e. The Bertz CT molecular complexity index is 1480. The lowest BCUT2D eigenvalue weighted by Crippen LogP contribution is -2.68. The van der Waals surface area contributed by atoms with Crippen molar-refractivity contribution in [1.29, 1.82) is 0 Å². The lowest BCUT2D eigenvalue weighted by Gasteiger charge is -2.57. The van der Waals surface area contributed by atoms with Gasteiger partial charge in [0.25, 0.3) is 10.0 Å². The number of methoxy groups -OCH3 is 2. The first kappa shape index (κ1) is 28.5. The second-order valence-corrected chi connectivity index (χ2v) is 12.8. The van der Waals surface area contributed by atoms with E-state index in [1.807, 2.05) is 0 Å². The van der Waals surface area contributed by atoms with Crippen LogP contribution in [-0.4, -0.2) is 80.7 Å². The van der Waals surface area contributed by atoms with Crippen molar-refractivity contribution in [3.8, 4) is 11.1 Å². The van der Waals surface area contributed by atoms with Gasteiger partial charge in [-0.3, -0.25) is 4.90 Å². The lowest BCUT2D eigenvalue weighted by atomic mass is 9.74. The molecule has 3 heterocycles. The van der Waals surface area contributed by atoms with E-state index < -0.39 is 16.0 Å². The van der Waals surface area contributed by atoms with Crippen molar-refractivity contribution in [2.24, 2.45) is 7.05 Å². The van der Waals surface area contributed by atoms with E-state index in [9.17, 15) is 13.2 Å². The van der Waals surface area contributed by atoms with E-state index in [4.69, 9.17) is 9.47 Å². The number of carbonyl (C=O) groups is 1. The van der Waals surface area contributed by atoms with Gasteiger partial charge >= 0.3 is 5.97 Å². The number of hydrogen-bond donors (Lipinski definition) is 0. The number of ether oxygens (including phenoxy) is 2. The molecule has 0 radical (unpaired) electrons. The van der Waals surface area contributed by atoms with Gasteiger partial charge in [0.1, 0.15) is 5.69 Å². The van der Waals surface area contributed by atoms with Crippen LogP contribution in [-0.2, 0) is 26.5 Å². The Morgan fingerprint density at radius 2 is 1.70 bits per heavy atom. The molecule has 2 aliphatic heterocycles. The zero-order chi connectivity index (χ0) is 28.6. The summed E-state index contributed by atoms with van der Waals surface area (Å²) >= 11 is 0. The molecule has 2 saturated heterocycles. The Hall–Kier alpha value is -2.98. The molecule has 0 amide bonds. The number of aromatic nitrogens is 1. The van der Waals surface area contributed by atoms with Crippen molar-refractivity contribution in [3.63, 3.8) is 0 Å². The summed E-state index contributed by atoms with van der Waals surface area (Å²) in [6.07, 6.45) is 1.67. The molecule has 1 unspecified atom stereocenters. The predicted molar refractivity (Wildman–Crippen MR) is 155 cm³/mol. The van der Waals surface area contributed by atoms with E-state index >= 15 is 0 Å². The fourth-order valence-corrected chi connectivity index (χ4v) is 8.09. The molecule has 0 N–H and O–H groups in total. The summed E-state index contributed by atoms with van der Waals surface area (Å²) in [5.74, 6) is -0.420. The van der Waals surface area contributed by atoms with E-state index in [0.29, 0.717) is 19.7 Å². The van der Waals surface area contributed by atoms with E-state index in [1.165, 1.54) is 51.6 Å². The molecule has 0 aliphatic carbocycles. The molecule has 0 bridgehead atoms. The van der Waals surface area contributed by atoms with Gasteiger partial charge in [0.15, 0.2) is 5.03 Å². The standard InChI is InChI=1S/C31H39N3O5S/c1-21-9-8-10-25(22(21)2)23-11-13-24(14-12-23)30-27-19-33(17-6-7-18-34(27)28(30)20-38-4)40(36,37)29-16-15-26(32(29)3)31(35)39-5/h8-16,27-28,30H,6-7,17-20H2,1-5H3/t27-,28?,30-/m0/s1. The van der Waals surface area contributed by atoms with Crippen LogP contribution in [0.5, 0.6) is 0 Å². The van der Waals surface area contributed by atoms with Gasteiger partial charge in [0.05, 0.1) is 13.7 Å². The van der Waals surface area contributed by atoms with Gasteiger partial charge in [-0.1, -0.05) is 42.5 Å². The Labute approximate surface area is 237 Å². The first-order valence-corrected chi connectivity index (χ1v) is 15.3. The molecule has 3 aromatic rings. The summed E-state index contributed by atoms with van der Waals surface area (Å²) in [7, 11) is 0.774. The highest BCUT2D eigenvalue weighted by Gasteiger charge is 2.50. The first-order valence-electron chi connectivity index (χ1n) is 13.8. The number of aryl methyl sites for hydroxylation is 1. The normalized spacial score (nSPS) is 22.2. The zero-order valence-electron chi connectivity index (χ0n) is 24.0. The molecule has 2 fully saturated rings. The fraction of sp³-hybridized carbons (Fsp3) is 0.452. The molecule has 40 heavy (non-hydrogen) atoms. The fourth-order valence-electron chi connectivity index (χ4n) is 6.42. The zero-order valence-corrected chi connectivity index (χ0v) is 24.8. The van der Waals surface area contributed by atoms with Crippen molar-refractivity contribution in [2.45, 2.75) is 49.7 Å². The monoisotopic (exact) mass is 565 g/mol. The summed E-state index contributed by atoms with van der Waals surface area (Å²) in [5, 5.41) is 0.0993. The second kappa shape index (κ2) is 11.5. The van der Waals surface area contributed by atoms with Gasteiger partial charge in [-0.15, -0.1) is 0 Å². The molecule has 3 atom stereocenters. The molecule has 0 spiro atoms. The summed E-state index contributed by atoms with van der Waals surface area (Å²) in [5.41, 5.74) is 6.36. The quantitative estimate of drug-likeness (QED) is 0.396. The molecule has 2 aliphatic rings. The maximum Gasteiger partial charge on any atom is 0.354 e. The van der Waals surface area contributed by atoms with Crippen molar-refractivity contribution in [1.82, 2.24) is 13.8 Å². The smallest absolute Gasteiger partial charge is 0.354 e. The minimum atomic E-state index is -3.83. The molecule has 9 heteroatoms. The highest BCUT2D eigenvalue weighted by Crippen LogP contribution is 2.43. The molecule has 8 nitrogen and oxygen atoms in total. The van der Waals surface area contributed by atoms with Gasteiger partial charge < -0.3 is 14.0 Å². The second-order valence-electron chi connectivity index (χ2n) is 10.9. The summed E-state index contributed by atoms with van der Waals surface area (Å²) in [6, 6.07) is 18.3. The van der Waals surface area contributed by atoms with Crippen molar-refractivity contribution in [3.05, 3.63) is 77.0 Å². The van der Waals surface area contributed by atoms with Crippen LogP contribution in [0.1, 0.15) is 45.9 Å². The maximum absolute atomic E-state index is 13.9.